The van der Waals surface area contributed by atoms with Crippen molar-refractivity contribution in [1.82, 2.24) is 20.1 Å². The Morgan fingerprint density at radius 3 is 2.90 bits per heavy atom. The summed E-state index contributed by atoms with van der Waals surface area (Å²) in [7, 11) is 0. The first-order valence-electron chi connectivity index (χ1n) is 10.2. The summed E-state index contributed by atoms with van der Waals surface area (Å²) in [6, 6.07) is 9.50. The second-order valence-corrected chi connectivity index (χ2v) is 7.76. The van der Waals surface area contributed by atoms with Gasteiger partial charge in [-0.3, -0.25) is 14.9 Å². The summed E-state index contributed by atoms with van der Waals surface area (Å²) in [5.74, 6) is -1.06. The first-order chi connectivity index (χ1) is 14.1. The second-order valence-electron chi connectivity index (χ2n) is 7.76. The SMILES string of the molecule is CC(CCN1CCCCC1)C(=O)Nc1n[nH]c(-c2cnc3ccccc3c2)c1F. The zero-order valence-corrected chi connectivity index (χ0v) is 16.6. The lowest BCUT2D eigenvalue weighted by Crippen LogP contribution is -2.33. The molecule has 3 aromatic rings. The predicted octanol–water partition coefficient (Wildman–Crippen LogP) is 4.21. The molecule has 1 aromatic carbocycles. The van der Waals surface area contributed by atoms with Gasteiger partial charge in [-0.25, -0.2) is 4.39 Å². The molecule has 29 heavy (non-hydrogen) atoms. The summed E-state index contributed by atoms with van der Waals surface area (Å²) in [5.41, 5.74) is 1.65. The van der Waals surface area contributed by atoms with Crippen LogP contribution in [0.2, 0.25) is 0 Å². The van der Waals surface area contributed by atoms with Crippen LogP contribution in [0.3, 0.4) is 0 Å². The number of aromatic nitrogens is 3. The molecule has 152 valence electrons. The van der Waals surface area contributed by atoms with Gasteiger partial charge in [0.05, 0.1) is 5.52 Å². The van der Waals surface area contributed by atoms with Gasteiger partial charge < -0.3 is 10.2 Å². The fourth-order valence-electron chi connectivity index (χ4n) is 3.74. The molecule has 4 rings (SSSR count). The maximum atomic E-state index is 14.9. The number of carbonyl (C=O) groups is 1. The predicted molar refractivity (Wildman–Crippen MR) is 112 cm³/mol. The highest BCUT2D eigenvalue weighted by molar-refractivity contribution is 5.92. The normalized spacial score (nSPS) is 16.1. The lowest BCUT2D eigenvalue weighted by atomic mass is 10.1. The minimum Gasteiger partial charge on any atom is -0.307 e. The fraction of sp³-hybridized carbons (Fsp3) is 0.409. The molecule has 0 spiro atoms. The van der Waals surface area contributed by atoms with Gasteiger partial charge in [0.1, 0.15) is 5.69 Å². The van der Waals surface area contributed by atoms with Crippen LogP contribution < -0.4 is 5.32 Å². The van der Waals surface area contributed by atoms with Crippen molar-refractivity contribution in [3.8, 4) is 11.3 Å². The topological polar surface area (TPSA) is 73.9 Å². The van der Waals surface area contributed by atoms with Gasteiger partial charge in [-0.15, -0.1) is 0 Å². The van der Waals surface area contributed by atoms with Crippen LogP contribution in [-0.2, 0) is 4.79 Å². The largest absolute Gasteiger partial charge is 0.307 e. The first-order valence-corrected chi connectivity index (χ1v) is 10.2. The van der Waals surface area contributed by atoms with E-state index in [0.717, 1.165) is 37.0 Å². The molecule has 0 aliphatic carbocycles. The molecule has 1 saturated heterocycles. The van der Waals surface area contributed by atoms with E-state index in [1.807, 2.05) is 37.3 Å². The Bertz CT molecular complexity index is 996. The molecule has 1 fully saturated rings. The first kappa shape index (κ1) is 19.5. The summed E-state index contributed by atoms with van der Waals surface area (Å²) in [6.07, 6.45) is 6.10. The van der Waals surface area contributed by atoms with Crippen molar-refractivity contribution in [2.24, 2.45) is 5.92 Å². The van der Waals surface area contributed by atoms with Crippen molar-refractivity contribution >= 4 is 22.6 Å². The van der Waals surface area contributed by atoms with E-state index in [2.05, 4.69) is 25.4 Å². The van der Waals surface area contributed by atoms with Gasteiger partial charge >= 0.3 is 0 Å². The Hall–Kier alpha value is -2.80. The van der Waals surface area contributed by atoms with E-state index in [1.165, 1.54) is 19.3 Å². The Morgan fingerprint density at radius 1 is 1.28 bits per heavy atom. The van der Waals surface area contributed by atoms with Crippen LogP contribution in [-0.4, -0.2) is 45.6 Å². The number of likely N-dealkylation sites (tertiary alicyclic amines) is 1. The lowest BCUT2D eigenvalue weighted by Gasteiger charge is -2.27. The number of nitrogens with one attached hydrogen (secondary N) is 2. The van der Waals surface area contributed by atoms with E-state index >= 15 is 0 Å². The molecule has 1 amide bonds. The third-order valence-corrected chi connectivity index (χ3v) is 5.60. The molecular weight excluding hydrogens is 369 g/mol. The molecule has 1 unspecified atom stereocenters. The van der Waals surface area contributed by atoms with Crippen molar-refractivity contribution in [2.45, 2.75) is 32.6 Å². The molecule has 7 heteroatoms. The minimum absolute atomic E-state index is 0.0667. The molecule has 1 atom stereocenters. The van der Waals surface area contributed by atoms with E-state index in [4.69, 9.17) is 0 Å². The number of halogens is 1. The monoisotopic (exact) mass is 395 g/mol. The van der Waals surface area contributed by atoms with Crippen molar-refractivity contribution in [1.29, 1.82) is 0 Å². The number of piperidine rings is 1. The van der Waals surface area contributed by atoms with Crippen molar-refractivity contribution in [2.75, 3.05) is 25.0 Å². The van der Waals surface area contributed by atoms with E-state index in [0.29, 0.717) is 5.56 Å². The quantitative estimate of drug-likeness (QED) is 0.656. The number of nitrogens with zero attached hydrogens (tertiary/aromatic N) is 3. The zero-order valence-electron chi connectivity index (χ0n) is 16.6. The van der Waals surface area contributed by atoms with Crippen LogP contribution in [0.25, 0.3) is 22.2 Å². The molecule has 0 saturated carbocycles. The standard InChI is InChI=1S/C22H26FN5O/c1-15(9-12-28-10-5-2-6-11-28)22(29)25-21-19(23)20(26-27-21)17-13-16-7-3-4-8-18(16)24-14-17/h3-4,7-8,13-15H,2,5-6,9-12H2,1H3,(H2,25,26,27,29). The Labute approximate surface area is 169 Å². The van der Waals surface area contributed by atoms with E-state index in [9.17, 15) is 9.18 Å². The van der Waals surface area contributed by atoms with Gasteiger partial charge in [-0.05, 0) is 51.0 Å². The Balaban J connectivity index is 1.41. The molecule has 1 aliphatic heterocycles. The van der Waals surface area contributed by atoms with Gasteiger partial charge in [0.2, 0.25) is 5.91 Å². The van der Waals surface area contributed by atoms with Crippen molar-refractivity contribution in [3.05, 3.63) is 42.3 Å². The minimum atomic E-state index is -0.571. The van der Waals surface area contributed by atoms with Gasteiger partial charge in [-0.2, -0.15) is 5.10 Å². The number of fused-ring (bicyclic) bond motifs is 1. The molecule has 0 radical (unpaired) electrons. The van der Waals surface area contributed by atoms with Gasteiger partial charge in [-0.1, -0.05) is 31.5 Å². The molecule has 1 aliphatic rings. The van der Waals surface area contributed by atoms with Gasteiger partial charge in [0.15, 0.2) is 11.6 Å². The maximum absolute atomic E-state index is 14.9. The lowest BCUT2D eigenvalue weighted by molar-refractivity contribution is -0.119. The molecule has 2 aromatic heterocycles. The maximum Gasteiger partial charge on any atom is 0.228 e. The van der Waals surface area contributed by atoms with E-state index in [1.54, 1.807) is 6.20 Å². The number of amides is 1. The summed E-state index contributed by atoms with van der Waals surface area (Å²) in [6.45, 7) is 4.97. The molecule has 3 heterocycles. The van der Waals surface area contributed by atoms with E-state index in [-0.39, 0.29) is 23.3 Å². The number of aromatic amines is 1. The summed E-state index contributed by atoms with van der Waals surface area (Å²) in [5, 5.41) is 10.2. The average molecular weight is 395 g/mol. The van der Waals surface area contributed by atoms with E-state index < -0.39 is 5.82 Å². The molecule has 0 bridgehead atoms. The number of carbonyl (C=O) groups excluding carboxylic acids is 1. The third kappa shape index (κ3) is 4.45. The number of hydrogen-bond donors (Lipinski definition) is 2. The highest BCUT2D eigenvalue weighted by Crippen LogP contribution is 2.27. The van der Waals surface area contributed by atoms with Crippen molar-refractivity contribution in [3.63, 3.8) is 0 Å². The average Bonchev–Trinajstić information content (AvgIpc) is 3.12. The highest BCUT2D eigenvalue weighted by Gasteiger charge is 2.21. The molecular formula is C22H26FN5O. The smallest absolute Gasteiger partial charge is 0.228 e. The number of anilines is 1. The number of benzene rings is 1. The number of hydrogen-bond acceptors (Lipinski definition) is 4. The zero-order chi connectivity index (χ0) is 20.2. The van der Waals surface area contributed by atoms with Gasteiger partial charge in [0.25, 0.3) is 0 Å². The second kappa shape index (κ2) is 8.69. The van der Waals surface area contributed by atoms with Crippen LogP contribution in [0.4, 0.5) is 10.2 Å². The van der Waals surface area contributed by atoms with Crippen LogP contribution in [0, 0.1) is 11.7 Å². The Kier molecular flexibility index (Phi) is 5.85. The Morgan fingerprint density at radius 2 is 2.07 bits per heavy atom. The summed E-state index contributed by atoms with van der Waals surface area (Å²) < 4.78 is 14.9. The van der Waals surface area contributed by atoms with Gasteiger partial charge in [0, 0.05) is 23.1 Å². The van der Waals surface area contributed by atoms with Crippen LogP contribution >= 0.6 is 0 Å². The summed E-state index contributed by atoms with van der Waals surface area (Å²) in [4.78, 5) is 19.3. The van der Waals surface area contributed by atoms with Crippen LogP contribution in [0.15, 0.2) is 36.5 Å². The van der Waals surface area contributed by atoms with Crippen molar-refractivity contribution < 1.29 is 9.18 Å². The number of para-hydroxylation sites is 1. The number of H-pyrrole nitrogens is 1. The molecule has 6 nitrogen and oxygen atoms in total. The summed E-state index contributed by atoms with van der Waals surface area (Å²) >= 11 is 0. The number of pyridine rings is 1. The van der Waals surface area contributed by atoms with Crippen LogP contribution in [0.1, 0.15) is 32.6 Å². The highest BCUT2D eigenvalue weighted by atomic mass is 19.1. The molecule has 2 N–H and O–H groups in total. The fourth-order valence-corrected chi connectivity index (χ4v) is 3.74. The third-order valence-electron chi connectivity index (χ3n) is 5.60. The van der Waals surface area contributed by atoms with Crippen LogP contribution in [0.5, 0.6) is 0 Å². The number of rotatable bonds is 6.